The molecule has 5 heteroatoms. The Bertz CT molecular complexity index is 580. The largest absolute Gasteiger partial charge is 0.354 e. The zero-order chi connectivity index (χ0) is 14.0. The number of thiophene rings is 1. The highest BCUT2D eigenvalue weighted by Crippen LogP contribution is 2.25. The van der Waals surface area contributed by atoms with Crippen molar-refractivity contribution in [2.45, 2.75) is 26.9 Å². The molecular weight excluding hydrogens is 322 g/mol. The maximum Gasteiger partial charge on any atom is 0.133 e. The van der Waals surface area contributed by atoms with Gasteiger partial charge in [-0.25, -0.2) is 4.98 Å². The number of halogens is 1. The van der Waals surface area contributed by atoms with Gasteiger partial charge in [0.05, 0.1) is 6.54 Å². The van der Waals surface area contributed by atoms with Crippen molar-refractivity contribution >= 4 is 33.1 Å². The van der Waals surface area contributed by atoms with Crippen LogP contribution in [0.3, 0.4) is 0 Å². The summed E-state index contributed by atoms with van der Waals surface area (Å²) in [5, 5.41) is 2.10. The van der Waals surface area contributed by atoms with Crippen molar-refractivity contribution in [1.82, 2.24) is 4.98 Å². The molecular formula is C14H18BrN3S. The van der Waals surface area contributed by atoms with Crippen LogP contribution in [0.5, 0.6) is 0 Å². The maximum atomic E-state index is 5.87. The molecule has 2 N–H and O–H groups in total. The Labute approximate surface area is 126 Å². The second-order valence-corrected chi connectivity index (χ2v) is 6.59. The van der Waals surface area contributed by atoms with Gasteiger partial charge in [0.1, 0.15) is 5.82 Å². The van der Waals surface area contributed by atoms with Gasteiger partial charge in [0.2, 0.25) is 0 Å². The molecule has 19 heavy (non-hydrogen) atoms. The Morgan fingerprint density at radius 3 is 2.68 bits per heavy atom. The lowest BCUT2D eigenvalue weighted by atomic mass is 10.1. The summed E-state index contributed by atoms with van der Waals surface area (Å²) < 4.78 is 1.13. The number of hydrogen-bond acceptors (Lipinski definition) is 4. The van der Waals surface area contributed by atoms with Gasteiger partial charge in [-0.2, -0.15) is 0 Å². The first-order valence-electron chi connectivity index (χ1n) is 6.12. The number of aryl methyl sites for hydroxylation is 2. The number of aromatic nitrogens is 1. The molecule has 2 heterocycles. The molecule has 0 aliphatic carbocycles. The summed E-state index contributed by atoms with van der Waals surface area (Å²) in [6.45, 7) is 5.48. The number of pyridine rings is 1. The highest BCUT2D eigenvalue weighted by molar-refractivity contribution is 9.10. The third kappa shape index (κ3) is 3.35. The summed E-state index contributed by atoms with van der Waals surface area (Å²) in [4.78, 5) is 8.12. The van der Waals surface area contributed by atoms with Gasteiger partial charge in [0.25, 0.3) is 0 Å². The molecule has 0 bridgehead atoms. The van der Waals surface area contributed by atoms with E-state index in [1.165, 1.54) is 10.4 Å². The first-order valence-corrected chi connectivity index (χ1v) is 7.79. The van der Waals surface area contributed by atoms with Crippen molar-refractivity contribution < 1.29 is 0 Å². The molecule has 0 saturated heterocycles. The van der Waals surface area contributed by atoms with E-state index in [0.29, 0.717) is 6.54 Å². The average Bonchev–Trinajstić information content (AvgIpc) is 2.73. The van der Waals surface area contributed by atoms with Gasteiger partial charge in [-0.3, -0.25) is 0 Å². The number of nitrogens with zero attached hydrogens (tertiary/aromatic N) is 2. The molecule has 0 unspecified atom stereocenters. The van der Waals surface area contributed by atoms with Gasteiger partial charge in [-0.05, 0) is 47.5 Å². The monoisotopic (exact) mass is 339 g/mol. The van der Waals surface area contributed by atoms with Gasteiger partial charge in [-0.1, -0.05) is 0 Å². The number of hydrogen-bond donors (Lipinski definition) is 1. The van der Waals surface area contributed by atoms with E-state index in [4.69, 9.17) is 5.73 Å². The van der Waals surface area contributed by atoms with Gasteiger partial charge in [-0.15, -0.1) is 11.3 Å². The number of rotatable bonds is 4. The standard InChI is InChI=1S/C14H18BrN3S/c1-9-4-10(2)17-14(13(9)6-16)18(3)7-12-5-11(15)8-19-12/h4-5,8H,6-7,16H2,1-3H3. The second kappa shape index (κ2) is 6.03. The fourth-order valence-electron chi connectivity index (χ4n) is 2.16. The maximum absolute atomic E-state index is 5.87. The van der Waals surface area contributed by atoms with Crippen molar-refractivity contribution in [3.05, 3.63) is 43.7 Å². The van der Waals surface area contributed by atoms with Crippen LogP contribution in [0.25, 0.3) is 0 Å². The van der Waals surface area contributed by atoms with Gasteiger partial charge >= 0.3 is 0 Å². The summed E-state index contributed by atoms with van der Waals surface area (Å²) in [7, 11) is 2.06. The van der Waals surface area contributed by atoms with Crippen LogP contribution in [-0.2, 0) is 13.1 Å². The smallest absolute Gasteiger partial charge is 0.133 e. The third-order valence-electron chi connectivity index (χ3n) is 3.03. The summed E-state index contributed by atoms with van der Waals surface area (Å²) in [6, 6.07) is 4.23. The van der Waals surface area contributed by atoms with Crippen LogP contribution in [0.15, 0.2) is 22.0 Å². The van der Waals surface area contributed by atoms with Crippen molar-refractivity contribution in [2.24, 2.45) is 5.73 Å². The third-order valence-corrected chi connectivity index (χ3v) is 4.72. The lowest BCUT2D eigenvalue weighted by Gasteiger charge is -2.22. The first kappa shape index (κ1) is 14.5. The number of nitrogens with two attached hydrogens (primary N) is 1. The van der Waals surface area contributed by atoms with E-state index in [1.807, 2.05) is 6.92 Å². The molecule has 0 aliphatic heterocycles. The van der Waals surface area contributed by atoms with Crippen LogP contribution < -0.4 is 10.6 Å². The zero-order valence-electron chi connectivity index (χ0n) is 11.4. The van der Waals surface area contributed by atoms with Crippen LogP contribution in [0.4, 0.5) is 5.82 Å². The van der Waals surface area contributed by atoms with E-state index in [0.717, 1.165) is 28.1 Å². The predicted molar refractivity (Wildman–Crippen MR) is 85.7 cm³/mol. The minimum absolute atomic E-state index is 0.521. The summed E-state index contributed by atoms with van der Waals surface area (Å²) in [5.41, 5.74) is 9.24. The Morgan fingerprint density at radius 2 is 2.11 bits per heavy atom. The Kier molecular flexibility index (Phi) is 4.60. The second-order valence-electron chi connectivity index (χ2n) is 4.67. The highest BCUT2D eigenvalue weighted by Gasteiger charge is 2.12. The highest BCUT2D eigenvalue weighted by atomic mass is 79.9. The Balaban J connectivity index is 2.30. The molecule has 102 valence electrons. The quantitative estimate of drug-likeness (QED) is 0.924. The molecule has 0 atom stereocenters. The van der Waals surface area contributed by atoms with E-state index < -0.39 is 0 Å². The molecule has 0 spiro atoms. The van der Waals surface area contributed by atoms with E-state index in [-0.39, 0.29) is 0 Å². The van der Waals surface area contributed by atoms with Crippen LogP contribution in [-0.4, -0.2) is 12.0 Å². The van der Waals surface area contributed by atoms with E-state index in [9.17, 15) is 0 Å². The molecule has 2 aromatic rings. The van der Waals surface area contributed by atoms with Crippen LogP contribution in [0.2, 0.25) is 0 Å². The minimum Gasteiger partial charge on any atom is -0.354 e. The van der Waals surface area contributed by atoms with Crippen LogP contribution in [0.1, 0.15) is 21.7 Å². The molecule has 2 rings (SSSR count). The summed E-state index contributed by atoms with van der Waals surface area (Å²) in [5.74, 6) is 0.990. The fourth-order valence-corrected chi connectivity index (χ4v) is 3.66. The molecule has 0 aliphatic rings. The van der Waals surface area contributed by atoms with E-state index >= 15 is 0 Å². The van der Waals surface area contributed by atoms with Crippen LogP contribution in [0, 0.1) is 13.8 Å². The van der Waals surface area contributed by atoms with Gasteiger partial charge < -0.3 is 10.6 Å². The predicted octanol–water partition coefficient (Wildman–Crippen LogP) is 3.62. The van der Waals surface area contributed by atoms with Gasteiger partial charge in [0.15, 0.2) is 0 Å². The zero-order valence-corrected chi connectivity index (χ0v) is 13.8. The normalized spacial score (nSPS) is 10.8. The van der Waals surface area contributed by atoms with Gasteiger partial charge in [0, 0.05) is 39.6 Å². The van der Waals surface area contributed by atoms with Crippen molar-refractivity contribution in [3.8, 4) is 0 Å². The Morgan fingerprint density at radius 1 is 1.37 bits per heavy atom. The SMILES string of the molecule is Cc1cc(C)c(CN)c(N(C)Cc2cc(Br)cs2)n1. The molecule has 0 saturated carbocycles. The number of anilines is 1. The molecule has 3 nitrogen and oxygen atoms in total. The molecule has 0 amide bonds. The summed E-state index contributed by atoms with van der Waals surface area (Å²) in [6.07, 6.45) is 0. The first-order chi connectivity index (χ1) is 9.01. The molecule has 0 fully saturated rings. The van der Waals surface area contributed by atoms with Crippen molar-refractivity contribution in [2.75, 3.05) is 11.9 Å². The molecule has 2 aromatic heterocycles. The lowest BCUT2D eigenvalue weighted by molar-refractivity contribution is 0.874. The lowest BCUT2D eigenvalue weighted by Crippen LogP contribution is -2.21. The molecule has 0 aromatic carbocycles. The average molecular weight is 340 g/mol. The fraction of sp³-hybridized carbons (Fsp3) is 0.357. The van der Waals surface area contributed by atoms with Crippen LogP contribution >= 0.6 is 27.3 Å². The Hall–Kier alpha value is -0.910. The van der Waals surface area contributed by atoms with E-state index in [1.54, 1.807) is 11.3 Å². The summed E-state index contributed by atoms with van der Waals surface area (Å²) >= 11 is 5.23. The molecule has 0 radical (unpaired) electrons. The van der Waals surface area contributed by atoms with Crippen molar-refractivity contribution in [1.29, 1.82) is 0 Å². The van der Waals surface area contributed by atoms with E-state index in [2.05, 4.69) is 57.3 Å². The minimum atomic E-state index is 0.521. The van der Waals surface area contributed by atoms with Crippen molar-refractivity contribution in [3.63, 3.8) is 0 Å². The topological polar surface area (TPSA) is 42.1 Å².